The number of carbonyl (C=O) groups is 1. The highest BCUT2D eigenvalue weighted by Gasteiger charge is 2.17. The highest BCUT2D eigenvalue weighted by Crippen LogP contribution is 2.21. The summed E-state index contributed by atoms with van der Waals surface area (Å²) < 4.78 is 29.4. The number of esters is 1. The van der Waals surface area contributed by atoms with Gasteiger partial charge in [0.05, 0.1) is 21.2 Å². The van der Waals surface area contributed by atoms with E-state index in [1.807, 2.05) is 0 Å². The minimum absolute atomic E-state index is 0.00906. The molecule has 8 nitrogen and oxygen atoms in total. The standard InChI is InChI=1S/C17H14ClN3O5S/c1-10-3-2-6-21-15(22)7-11(20-16(10)21)9-26-17(23)13-8-12(27(19,24)25)4-5-14(13)18/h2-8H,9H2,1H3,(H2,19,24,25). The van der Waals surface area contributed by atoms with Gasteiger partial charge in [-0.25, -0.2) is 23.3 Å². The maximum atomic E-state index is 12.3. The highest BCUT2D eigenvalue weighted by molar-refractivity contribution is 7.89. The first-order valence-electron chi connectivity index (χ1n) is 7.64. The van der Waals surface area contributed by atoms with E-state index in [9.17, 15) is 18.0 Å². The Hall–Kier alpha value is -2.75. The molecule has 2 heterocycles. The predicted molar refractivity (Wildman–Crippen MR) is 98.1 cm³/mol. The third kappa shape index (κ3) is 4.00. The Kier molecular flexibility index (Phi) is 5.01. The summed E-state index contributed by atoms with van der Waals surface area (Å²) in [5, 5.41) is 5.06. The zero-order valence-corrected chi connectivity index (χ0v) is 15.6. The molecule has 0 fully saturated rings. The van der Waals surface area contributed by atoms with Crippen LogP contribution in [0.25, 0.3) is 5.65 Å². The number of aromatic nitrogens is 2. The molecule has 140 valence electrons. The molecule has 2 aromatic heterocycles. The van der Waals surface area contributed by atoms with Crippen molar-refractivity contribution in [2.75, 3.05) is 0 Å². The lowest BCUT2D eigenvalue weighted by Crippen LogP contribution is -2.17. The van der Waals surface area contributed by atoms with Gasteiger partial charge >= 0.3 is 5.97 Å². The summed E-state index contributed by atoms with van der Waals surface area (Å²) in [6, 6.07) is 8.24. The van der Waals surface area contributed by atoms with Gasteiger partial charge < -0.3 is 4.74 Å². The molecule has 0 aliphatic heterocycles. The van der Waals surface area contributed by atoms with Crippen molar-refractivity contribution in [2.45, 2.75) is 18.4 Å². The first-order chi connectivity index (χ1) is 12.7. The summed E-state index contributed by atoms with van der Waals surface area (Å²) in [6.07, 6.45) is 1.59. The molecule has 2 N–H and O–H groups in total. The van der Waals surface area contributed by atoms with E-state index in [1.54, 1.807) is 25.3 Å². The smallest absolute Gasteiger partial charge is 0.340 e. The Morgan fingerprint density at radius 2 is 2.04 bits per heavy atom. The van der Waals surface area contributed by atoms with Crippen molar-refractivity contribution in [3.05, 3.63) is 74.8 Å². The van der Waals surface area contributed by atoms with Crippen LogP contribution in [0.15, 0.2) is 52.3 Å². The number of carbonyl (C=O) groups excluding carboxylic acids is 1. The average Bonchev–Trinajstić information content (AvgIpc) is 2.60. The second-order valence-corrected chi connectivity index (χ2v) is 7.70. The minimum Gasteiger partial charge on any atom is -0.456 e. The number of fused-ring (bicyclic) bond motifs is 1. The van der Waals surface area contributed by atoms with E-state index < -0.39 is 16.0 Å². The van der Waals surface area contributed by atoms with Crippen molar-refractivity contribution in [3.63, 3.8) is 0 Å². The van der Waals surface area contributed by atoms with E-state index in [0.29, 0.717) is 5.65 Å². The van der Waals surface area contributed by atoms with Gasteiger partial charge in [-0.2, -0.15) is 0 Å². The van der Waals surface area contributed by atoms with Crippen LogP contribution in [0.5, 0.6) is 0 Å². The molecule has 3 aromatic rings. The molecule has 27 heavy (non-hydrogen) atoms. The van der Waals surface area contributed by atoms with Gasteiger partial charge in [-0.05, 0) is 36.8 Å². The number of halogens is 1. The van der Waals surface area contributed by atoms with Crippen molar-refractivity contribution >= 4 is 33.2 Å². The number of pyridine rings is 1. The maximum Gasteiger partial charge on any atom is 0.340 e. The van der Waals surface area contributed by atoms with Gasteiger partial charge in [0.25, 0.3) is 5.56 Å². The van der Waals surface area contributed by atoms with Crippen molar-refractivity contribution in [1.82, 2.24) is 9.38 Å². The topological polar surface area (TPSA) is 121 Å². The lowest BCUT2D eigenvalue weighted by Gasteiger charge is -2.09. The minimum atomic E-state index is -4.00. The predicted octanol–water partition coefficient (Wildman–Crippen LogP) is 1.66. The van der Waals surface area contributed by atoms with Crippen LogP contribution in [0, 0.1) is 6.92 Å². The van der Waals surface area contributed by atoms with Crippen LogP contribution in [0.2, 0.25) is 5.02 Å². The molecule has 0 spiro atoms. The van der Waals surface area contributed by atoms with Crippen molar-refractivity contribution in [3.8, 4) is 0 Å². The van der Waals surface area contributed by atoms with E-state index >= 15 is 0 Å². The first-order valence-corrected chi connectivity index (χ1v) is 9.56. The first kappa shape index (κ1) is 19.0. The number of hydrogen-bond donors (Lipinski definition) is 1. The molecule has 3 rings (SSSR count). The van der Waals surface area contributed by atoms with E-state index in [1.165, 1.54) is 22.6 Å². The van der Waals surface area contributed by atoms with Gasteiger partial charge in [-0.3, -0.25) is 9.20 Å². The Morgan fingerprint density at radius 1 is 1.30 bits per heavy atom. The Morgan fingerprint density at radius 3 is 2.74 bits per heavy atom. The monoisotopic (exact) mass is 407 g/mol. The van der Waals surface area contributed by atoms with Gasteiger partial charge in [0.15, 0.2) is 0 Å². The van der Waals surface area contributed by atoms with Crippen LogP contribution in [0.1, 0.15) is 21.6 Å². The molecule has 0 atom stereocenters. The summed E-state index contributed by atoms with van der Waals surface area (Å²) >= 11 is 5.94. The maximum absolute atomic E-state index is 12.3. The van der Waals surface area contributed by atoms with Crippen molar-refractivity contribution in [1.29, 1.82) is 0 Å². The number of primary sulfonamides is 1. The van der Waals surface area contributed by atoms with Crippen LogP contribution in [0.4, 0.5) is 0 Å². The number of nitrogens with zero attached hydrogens (tertiary/aromatic N) is 2. The quantitative estimate of drug-likeness (QED) is 0.656. The van der Waals surface area contributed by atoms with Gasteiger partial charge in [-0.15, -0.1) is 0 Å². The van der Waals surface area contributed by atoms with Crippen LogP contribution in [-0.2, 0) is 21.4 Å². The third-order valence-corrected chi connectivity index (χ3v) is 5.02. The molecule has 10 heteroatoms. The van der Waals surface area contributed by atoms with Crippen LogP contribution in [-0.4, -0.2) is 23.8 Å². The fourth-order valence-corrected chi connectivity index (χ4v) is 3.17. The third-order valence-electron chi connectivity index (χ3n) is 3.78. The van der Waals surface area contributed by atoms with Gasteiger partial charge in [0.1, 0.15) is 12.3 Å². The summed E-state index contributed by atoms with van der Waals surface area (Å²) in [5.74, 6) is -0.864. The second kappa shape index (κ2) is 7.10. The van der Waals surface area contributed by atoms with Crippen LogP contribution in [0.3, 0.4) is 0 Å². The van der Waals surface area contributed by atoms with Gasteiger partial charge in [-0.1, -0.05) is 17.7 Å². The molecule has 0 saturated carbocycles. The summed E-state index contributed by atoms with van der Waals surface area (Å²) in [4.78, 5) is 28.5. The molecule has 1 aromatic carbocycles. The van der Waals surface area contributed by atoms with Crippen molar-refractivity contribution in [2.24, 2.45) is 5.14 Å². The number of ether oxygens (including phenoxy) is 1. The summed E-state index contributed by atoms with van der Waals surface area (Å²) in [5.41, 5.74) is 1.01. The molecule has 0 saturated heterocycles. The normalized spacial score (nSPS) is 11.5. The Bertz CT molecular complexity index is 1220. The molecule has 0 bridgehead atoms. The lowest BCUT2D eigenvalue weighted by molar-refractivity contribution is 0.0467. The van der Waals surface area contributed by atoms with E-state index in [0.717, 1.165) is 11.6 Å². The Balaban J connectivity index is 1.87. The molecule has 0 aliphatic carbocycles. The summed E-state index contributed by atoms with van der Waals surface area (Å²) in [7, 11) is -4.00. The van der Waals surface area contributed by atoms with Crippen LogP contribution < -0.4 is 10.7 Å². The number of aryl methyl sites for hydroxylation is 1. The SMILES string of the molecule is Cc1cccn2c(=O)cc(COC(=O)c3cc(S(N)(=O)=O)ccc3Cl)nc12. The highest BCUT2D eigenvalue weighted by atomic mass is 35.5. The average molecular weight is 408 g/mol. The molecule has 0 radical (unpaired) electrons. The second-order valence-electron chi connectivity index (χ2n) is 5.73. The fourth-order valence-electron chi connectivity index (χ4n) is 2.44. The van der Waals surface area contributed by atoms with Crippen molar-refractivity contribution < 1.29 is 17.9 Å². The molecule has 0 unspecified atom stereocenters. The van der Waals surface area contributed by atoms with Crippen LogP contribution >= 0.6 is 11.6 Å². The lowest BCUT2D eigenvalue weighted by atomic mass is 10.2. The zero-order valence-electron chi connectivity index (χ0n) is 14.0. The molecular formula is C17H14ClN3O5S. The Labute approximate surface area is 159 Å². The molecule has 0 amide bonds. The van der Waals surface area contributed by atoms with E-state index in [4.69, 9.17) is 21.5 Å². The van der Waals surface area contributed by atoms with E-state index in [-0.39, 0.29) is 33.3 Å². The number of hydrogen-bond acceptors (Lipinski definition) is 6. The van der Waals surface area contributed by atoms with Gasteiger partial charge in [0, 0.05) is 12.3 Å². The molecular weight excluding hydrogens is 394 g/mol. The number of rotatable bonds is 4. The number of benzene rings is 1. The summed E-state index contributed by atoms with van der Waals surface area (Å²) in [6.45, 7) is 1.52. The largest absolute Gasteiger partial charge is 0.456 e. The zero-order chi connectivity index (χ0) is 19.8. The molecule has 0 aliphatic rings. The number of sulfonamides is 1. The van der Waals surface area contributed by atoms with Gasteiger partial charge in [0.2, 0.25) is 10.0 Å². The number of nitrogens with two attached hydrogens (primary N) is 1. The van der Waals surface area contributed by atoms with E-state index in [2.05, 4.69) is 4.98 Å². The fraction of sp³-hybridized carbons (Fsp3) is 0.118.